The lowest BCUT2D eigenvalue weighted by Gasteiger charge is -2.34. The Hall–Kier alpha value is -3.15. The highest BCUT2D eigenvalue weighted by Crippen LogP contribution is 2.42. The van der Waals surface area contributed by atoms with Crippen molar-refractivity contribution < 1.29 is 23.9 Å². The summed E-state index contributed by atoms with van der Waals surface area (Å²) in [5, 5.41) is 2.84. The number of benzene rings is 2. The molecule has 2 atom stereocenters. The van der Waals surface area contributed by atoms with Crippen molar-refractivity contribution >= 4 is 17.8 Å². The van der Waals surface area contributed by atoms with E-state index >= 15 is 0 Å². The summed E-state index contributed by atoms with van der Waals surface area (Å²) in [7, 11) is 1.27. The fourth-order valence-corrected chi connectivity index (χ4v) is 4.29. The van der Waals surface area contributed by atoms with Crippen molar-refractivity contribution in [3.05, 3.63) is 70.8 Å². The number of aryl methyl sites for hydroxylation is 2. The molecule has 0 fully saturated rings. The first-order valence-corrected chi connectivity index (χ1v) is 10.8. The van der Waals surface area contributed by atoms with Gasteiger partial charge in [-0.15, -0.1) is 0 Å². The normalized spacial score (nSPS) is 18.6. The number of nitrogens with one attached hydrogen (secondary N) is 1. The standard InChI is InChI=1S/C26H31NO5/c1-17-11-13-19-16-26(23(29)31-5,22(28)20(19)15-17)21(27-24(30)32-25(2,3)4)14-12-18-9-7-6-8-10-18/h6-11,13,15,21H,12,14,16H2,1-5H3,(H,27,30). The topological polar surface area (TPSA) is 81.7 Å². The molecule has 0 spiro atoms. The number of alkyl carbamates (subject to hydrolysis) is 1. The van der Waals surface area contributed by atoms with E-state index in [1.807, 2.05) is 49.4 Å². The van der Waals surface area contributed by atoms with Crippen LogP contribution in [0.15, 0.2) is 48.5 Å². The van der Waals surface area contributed by atoms with Crippen LogP contribution in [-0.2, 0) is 27.1 Å². The molecule has 2 unspecified atom stereocenters. The summed E-state index contributed by atoms with van der Waals surface area (Å²) in [6, 6.07) is 14.5. The van der Waals surface area contributed by atoms with Gasteiger partial charge in [-0.25, -0.2) is 4.79 Å². The van der Waals surface area contributed by atoms with Gasteiger partial charge in [-0.05, 0) is 64.2 Å². The number of carbonyl (C=O) groups excluding carboxylic acids is 3. The second-order valence-corrected chi connectivity index (χ2v) is 9.35. The number of fused-ring (bicyclic) bond motifs is 1. The van der Waals surface area contributed by atoms with Crippen molar-refractivity contribution in [1.82, 2.24) is 5.32 Å². The molecule has 1 amide bonds. The Labute approximate surface area is 189 Å². The second kappa shape index (κ2) is 9.15. The predicted octanol–water partition coefficient (Wildman–Crippen LogP) is 4.42. The number of amides is 1. The zero-order valence-electron chi connectivity index (χ0n) is 19.4. The highest BCUT2D eigenvalue weighted by atomic mass is 16.6. The molecule has 0 aromatic heterocycles. The molecule has 3 rings (SSSR count). The number of rotatable bonds is 6. The molecule has 170 valence electrons. The van der Waals surface area contributed by atoms with E-state index in [1.54, 1.807) is 26.8 Å². The molecule has 0 bridgehead atoms. The number of hydrogen-bond acceptors (Lipinski definition) is 5. The smallest absolute Gasteiger partial charge is 0.407 e. The molecule has 1 aliphatic carbocycles. The van der Waals surface area contributed by atoms with E-state index in [1.165, 1.54) is 7.11 Å². The van der Waals surface area contributed by atoms with Crippen molar-refractivity contribution in [3.8, 4) is 0 Å². The number of ether oxygens (including phenoxy) is 2. The molecule has 6 nitrogen and oxygen atoms in total. The molecule has 0 heterocycles. The molecule has 2 aromatic rings. The van der Waals surface area contributed by atoms with Crippen LogP contribution in [0.3, 0.4) is 0 Å². The quantitative estimate of drug-likeness (QED) is 0.534. The Bertz CT molecular complexity index is 1010. The third-order valence-electron chi connectivity index (χ3n) is 5.78. The van der Waals surface area contributed by atoms with E-state index in [2.05, 4.69) is 5.32 Å². The first kappa shape index (κ1) is 23.5. The third kappa shape index (κ3) is 4.85. The van der Waals surface area contributed by atoms with Gasteiger partial charge in [0.05, 0.1) is 13.2 Å². The Balaban J connectivity index is 2.00. The fourth-order valence-electron chi connectivity index (χ4n) is 4.29. The number of hydrogen-bond donors (Lipinski definition) is 1. The monoisotopic (exact) mass is 437 g/mol. The van der Waals surface area contributed by atoms with Crippen LogP contribution in [0.25, 0.3) is 0 Å². The minimum absolute atomic E-state index is 0.170. The van der Waals surface area contributed by atoms with Crippen LogP contribution in [0.4, 0.5) is 4.79 Å². The minimum Gasteiger partial charge on any atom is -0.468 e. The van der Waals surface area contributed by atoms with Crippen LogP contribution in [-0.4, -0.2) is 36.6 Å². The Morgan fingerprint density at radius 2 is 1.81 bits per heavy atom. The summed E-state index contributed by atoms with van der Waals surface area (Å²) in [6.45, 7) is 7.19. The molecule has 0 radical (unpaired) electrons. The maximum absolute atomic E-state index is 13.7. The maximum Gasteiger partial charge on any atom is 0.407 e. The van der Waals surface area contributed by atoms with Gasteiger partial charge >= 0.3 is 12.1 Å². The van der Waals surface area contributed by atoms with Gasteiger partial charge in [0.1, 0.15) is 5.60 Å². The summed E-state index contributed by atoms with van der Waals surface area (Å²) in [6.07, 6.45) is 0.446. The first-order valence-electron chi connectivity index (χ1n) is 10.8. The minimum atomic E-state index is -1.55. The molecule has 6 heteroatoms. The first-order chi connectivity index (χ1) is 15.1. The zero-order valence-corrected chi connectivity index (χ0v) is 19.4. The van der Waals surface area contributed by atoms with E-state index in [0.717, 1.165) is 16.7 Å². The molecule has 0 saturated heterocycles. The molecular formula is C26H31NO5. The van der Waals surface area contributed by atoms with E-state index in [0.29, 0.717) is 18.4 Å². The zero-order chi connectivity index (χ0) is 23.5. The van der Waals surface area contributed by atoms with E-state index in [4.69, 9.17) is 9.47 Å². The van der Waals surface area contributed by atoms with Gasteiger partial charge in [0.2, 0.25) is 0 Å². The average molecular weight is 438 g/mol. The maximum atomic E-state index is 13.7. The van der Waals surface area contributed by atoms with Crippen LogP contribution in [0.2, 0.25) is 0 Å². The highest BCUT2D eigenvalue weighted by molar-refractivity contribution is 6.17. The summed E-state index contributed by atoms with van der Waals surface area (Å²) in [5.74, 6) is -0.970. The van der Waals surface area contributed by atoms with Gasteiger partial charge in [-0.3, -0.25) is 9.59 Å². The van der Waals surface area contributed by atoms with Crippen LogP contribution in [0, 0.1) is 12.3 Å². The van der Waals surface area contributed by atoms with Crippen LogP contribution >= 0.6 is 0 Å². The lowest BCUT2D eigenvalue weighted by atomic mass is 9.74. The summed E-state index contributed by atoms with van der Waals surface area (Å²) < 4.78 is 10.6. The summed E-state index contributed by atoms with van der Waals surface area (Å²) >= 11 is 0. The molecular weight excluding hydrogens is 406 g/mol. The Morgan fingerprint density at radius 3 is 2.44 bits per heavy atom. The van der Waals surface area contributed by atoms with Gasteiger partial charge in [0.15, 0.2) is 11.2 Å². The van der Waals surface area contributed by atoms with E-state index in [-0.39, 0.29) is 12.2 Å². The molecule has 0 saturated carbocycles. The Kier molecular flexibility index (Phi) is 6.72. The van der Waals surface area contributed by atoms with Crippen LogP contribution < -0.4 is 5.32 Å². The Morgan fingerprint density at radius 1 is 1.12 bits per heavy atom. The fraction of sp³-hybridized carbons (Fsp3) is 0.423. The number of methoxy groups -OCH3 is 1. The van der Waals surface area contributed by atoms with E-state index in [9.17, 15) is 14.4 Å². The van der Waals surface area contributed by atoms with Gasteiger partial charge < -0.3 is 14.8 Å². The molecule has 2 aromatic carbocycles. The molecule has 1 N–H and O–H groups in total. The molecule has 32 heavy (non-hydrogen) atoms. The van der Waals surface area contributed by atoms with Gasteiger partial charge in [0, 0.05) is 5.56 Å². The number of esters is 1. The van der Waals surface area contributed by atoms with Crippen molar-refractivity contribution in [2.45, 2.75) is 58.6 Å². The molecule has 0 aliphatic heterocycles. The lowest BCUT2D eigenvalue weighted by molar-refractivity contribution is -0.151. The summed E-state index contributed by atoms with van der Waals surface area (Å²) in [4.78, 5) is 39.6. The number of carbonyl (C=O) groups is 3. The van der Waals surface area contributed by atoms with Crippen molar-refractivity contribution in [2.24, 2.45) is 5.41 Å². The SMILES string of the molecule is COC(=O)C1(C(CCc2ccccc2)NC(=O)OC(C)(C)C)Cc2ccc(C)cc2C1=O. The van der Waals surface area contributed by atoms with Gasteiger partial charge in [-0.1, -0.05) is 48.0 Å². The van der Waals surface area contributed by atoms with Crippen LogP contribution in [0.1, 0.15) is 54.2 Å². The van der Waals surface area contributed by atoms with Gasteiger partial charge in [0.25, 0.3) is 0 Å². The van der Waals surface area contributed by atoms with Crippen LogP contribution in [0.5, 0.6) is 0 Å². The van der Waals surface area contributed by atoms with Crippen molar-refractivity contribution in [2.75, 3.05) is 7.11 Å². The average Bonchev–Trinajstić information content (AvgIpc) is 3.03. The van der Waals surface area contributed by atoms with E-state index < -0.39 is 29.1 Å². The lowest BCUT2D eigenvalue weighted by Crippen LogP contribution is -2.56. The van der Waals surface area contributed by atoms with Crippen molar-refractivity contribution in [3.63, 3.8) is 0 Å². The predicted molar refractivity (Wildman–Crippen MR) is 122 cm³/mol. The number of Topliss-reactive ketones (excluding diaryl/α,β-unsaturated/α-hetero) is 1. The molecule has 1 aliphatic rings. The summed E-state index contributed by atoms with van der Waals surface area (Å²) in [5.41, 5.74) is 0.997. The largest absolute Gasteiger partial charge is 0.468 e. The highest BCUT2D eigenvalue weighted by Gasteiger charge is 2.58. The van der Waals surface area contributed by atoms with Crippen molar-refractivity contribution in [1.29, 1.82) is 0 Å². The number of ketones is 1. The second-order valence-electron chi connectivity index (χ2n) is 9.35. The van der Waals surface area contributed by atoms with Gasteiger partial charge in [-0.2, -0.15) is 0 Å². The third-order valence-corrected chi connectivity index (χ3v) is 5.78.